The minimum atomic E-state index is -1.16. The van der Waals surface area contributed by atoms with Crippen LogP contribution in [0.25, 0.3) is 10.4 Å². The van der Waals surface area contributed by atoms with E-state index in [0.29, 0.717) is 10.4 Å². The van der Waals surface area contributed by atoms with Gasteiger partial charge in [0.25, 0.3) is 0 Å². The Morgan fingerprint density at radius 1 is 1.39 bits per heavy atom. The maximum Gasteiger partial charge on any atom is 0.348 e. The summed E-state index contributed by atoms with van der Waals surface area (Å²) in [5.74, 6) is -2.58. The minimum absolute atomic E-state index is 0.0359. The number of benzene rings is 1. The molecule has 0 aliphatic carbocycles. The van der Waals surface area contributed by atoms with Gasteiger partial charge in [-0.1, -0.05) is 0 Å². The number of rotatable bonds is 2. The normalized spacial score (nSPS) is 10.6. The second-order valence-electron chi connectivity index (χ2n) is 3.73. The zero-order chi connectivity index (χ0) is 13.4. The molecule has 0 aliphatic heterocycles. The van der Waals surface area contributed by atoms with Gasteiger partial charge in [0.05, 0.1) is 5.69 Å². The van der Waals surface area contributed by atoms with Crippen LogP contribution in [0.5, 0.6) is 0 Å². The molecule has 3 N–H and O–H groups in total. The molecule has 1 heterocycles. The molecule has 0 aliphatic rings. The lowest BCUT2D eigenvalue weighted by atomic mass is 10.1. The fourth-order valence-electron chi connectivity index (χ4n) is 1.62. The molecular weight excluding hydrogens is 260 g/mol. The molecule has 2 aromatic rings. The van der Waals surface area contributed by atoms with Gasteiger partial charge in [-0.05, 0) is 24.6 Å². The van der Waals surface area contributed by atoms with E-state index in [0.717, 1.165) is 23.5 Å². The maximum absolute atomic E-state index is 13.6. The van der Waals surface area contributed by atoms with Gasteiger partial charge in [-0.15, -0.1) is 11.3 Å². The van der Waals surface area contributed by atoms with Crippen molar-refractivity contribution in [2.45, 2.75) is 6.92 Å². The van der Waals surface area contributed by atoms with E-state index in [-0.39, 0.29) is 16.1 Å². The Hall–Kier alpha value is -1.95. The van der Waals surface area contributed by atoms with Gasteiger partial charge in [0.1, 0.15) is 16.5 Å². The number of carboxylic acid groups (broad SMARTS) is 1. The predicted molar refractivity (Wildman–Crippen MR) is 65.8 cm³/mol. The first-order chi connectivity index (χ1) is 8.41. The van der Waals surface area contributed by atoms with E-state index < -0.39 is 17.6 Å². The molecule has 1 aromatic carbocycles. The average molecular weight is 269 g/mol. The summed E-state index contributed by atoms with van der Waals surface area (Å²) in [7, 11) is 0. The molecule has 2 rings (SSSR count). The van der Waals surface area contributed by atoms with Gasteiger partial charge in [-0.3, -0.25) is 0 Å². The van der Waals surface area contributed by atoms with Crippen LogP contribution in [0, 0.1) is 18.6 Å². The van der Waals surface area contributed by atoms with Gasteiger partial charge >= 0.3 is 5.97 Å². The van der Waals surface area contributed by atoms with Crippen LogP contribution in [0.1, 0.15) is 15.2 Å². The number of anilines is 1. The molecule has 0 spiro atoms. The maximum atomic E-state index is 13.6. The van der Waals surface area contributed by atoms with E-state index in [1.807, 2.05) is 0 Å². The van der Waals surface area contributed by atoms with Gasteiger partial charge in [-0.25, -0.2) is 13.6 Å². The summed E-state index contributed by atoms with van der Waals surface area (Å²) in [6, 6.07) is 3.15. The molecule has 94 valence electrons. The highest BCUT2D eigenvalue weighted by molar-refractivity contribution is 7.18. The van der Waals surface area contributed by atoms with Crippen LogP contribution in [0.15, 0.2) is 18.2 Å². The smallest absolute Gasteiger partial charge is 0.348 e. The summed E-state index contributed by atoms with van der Waals surface area (Å²) < 4.78 is 26.5. The zero-order valence-electron chi connectivity index (χ0n) is 9.33. The number of nitrogen functional groups attached to an aromatic ring is 1. The molecular formula is C12H9F2NO2S. The fraction of sp³-hybridized carbons (Fsp3) is 0.0833. The Balaban J connectivity index is 2.64. The van der Waals surface area contributed by atoms with E-state index in [1.165, 1.54) is 6.07 Å². The number of halogens is 2. The summed E-state index contributed by atoms with van der Waals surface area (Å²) in [6.07, 6.45) is 0. The Morgan fingerprint density at radius 2 is 2.06 bits per heavy atom. The third kappa shape index (κ3) is 1.95. The summed E-state index contributed by atoms with van der Waals surface area (Å²) in [4.78, 5) is 11.3. The molecule has 0 saturated carbocycles. The summed E-state index contributed by atoms with van der Waals surface area (Å²) >= 11 is 0.880. The van der Waals surface area contributed by atoms with Crippen molar-refractivity contribution in [3.8, 4) is 10.4 Å². The molecule has 0 saturated heterocycles. The Labute approximate surface area is 105 Å². The molecule has 1 aromatic heterocycles. The number of carbonyl (C=O) groups is 1. The van der Waals surface area contributed by atoms with Crippen LogP contribution >= 0.6 is 11.3 Å². The first-order valence-corrected chi connectivity index (χ1v) is 5.81. The Bertz CT molecular complexity index is 637. The van der Waals surface area contributed by atoms with Crippen molar-refractivity contribution in [3.63, 3.8) is 0 Å². The van der Waals surface area contributed by atoms with E-state index in [2.05, 4.69) is 0 Å². The van der Waals surface area contributed by atoms with Crippen molar-refractivity contribution in [1.29, 1.82) is 0 Å². The SMILES string of the molecule is Cc1c(-c2ccc(F)cc2F)sc(C(=O)O)c1N. The number of carboxylic acids is 1. The molecule has 0 bridgehead atoms. The van der Waals surface area contributed by atoms with Crippen molar-refractivity contribution in [2.24, 2.45) is 0 Å². The second kappa shape index (κ2) is 4.38. The van der Waals surface area contributed by atoms with E-state index in [9.17, 15) is 13.6 Å². The minimum Gasteiger partial charge on any atom is -0.477 e. The lowest BCUT2D eigenvalue weighted by molar-refractivity contribution is 0.0703. The van der Waals surface area contributed by atoms with Crippen molar-refractivity contribution in [1.82, 2.24) is 0 Å². The zero-order valence-corrected chi connectivity index (χ0v) is 10.1. The van der Waals surface area contributed by atoms with Gasteiger partial charge in [-0.2, -0.15) is 0 Å². The molecule has 0 amide bonds. The third-order valence-corrected chi connectivity index (χ3v) is 3.89. The van der Waals surface area contributed by atoms with E-state index in [4.69, 9.17) is 10.8 Å². The number of hydrogen-bond donors (Lipinski definition) is 2. The quantitative estimate of drug-likeness (QED) is 0.879. The van der Waals surface area contributed by atoms with Gasteiger partial charge in [0.2, 0.25) is 0 Å². The van der Waals surface area contributed by atoms with Crippen LogP contribution < -0.4 is 5.73 Å². The number of thiophene rings is 1. The monoisotopic (exact) mass is 269 g/mol. The second-order valence-corrected chi connectivity index (χ2v) is 4.75. The fourth-order valence-corrected chi connectivity index (χ4v) is 2.71. The van der Waals surface area contributed by atoms with Crippen molar-refractivity contribution < 1.29 is 18.7 Å². The first kappa shape index (κ1) is 12.5. The van der Waals surface area contributed by atoms with Crippen molar-refractivity contribution >= 4 is 23.0 Å². The van der Waals surface area contributed by atoms with Crippen LogP contribution in [0.3, 0.4) is 0 Å². The molecule has 6 heteroatoms. The predicted octanol–water partition coefficient (Wildman–Crippen LogP) is 3.28. The van der Waals surface area contributed by atoms with Crippen molar-refractivity contribution in [2.75, 3.05) is 5.73 Å². The van der Waals surface area contributed by atoms with Crippen molar-refractivity contribution in [3.05, 3.63) is 40.3 Å². The third-order valence-electron chi connectivity index (χ3n) is 2.56. The largest absolute Gasteiger partial charge is 0.477 e. The Kier molecular flexibility index (Phi) is 3.04. The topological polar surface area (TPSA) is 63.3 Å². The summed E-state index contributed by atoms with van der Waals surface area (Å²) in [5.41, 5.74) is 6.41. The van der Waals surface area contributed by atoms with Crippen LogP contribution in [-0.4, -0.2) is 11.1 Å². The van der Waals surface area contributed by atoms with Gasteiger partial charge in [0, 0.05) is 16.5 Å². The lowest BCUT2D eigenvalue weighted by Crippen LogP contribution is -1.97. The summed E-state index contributed by atoms with van der Waals surface area (Å²) in [5, 5.41) is 8.94. The van der Waals surface area contributed by atoms with E-state index >= 15 is 0 Å². The average Bonchev–Trinajstić information content (AvgIpc) is 2.57. The lowest BCUT2D eigenvalue weighted by Gasteiger charge is -2.02. The van der Waals surface area contributed by atoms with Crippen LogP contribution in [0.2, 0.25) is 0 Å². The van der Waals surface area contributed by atoms with Gasteiger partial charge < -0.3 is 10.8 Å². The molecule has 18 heavy (non-hydrogen) atoms. The Morgan fingerprint density at radius 3 is 2.56 bits per heavy atom. The summed E-state index contributed by atoms with van der Waals surface area (Å²) in [6.45, 7) is 1.61. The first-order valence-electron chi connectivity index (χ1n) is 4.99. The number of hydrogen-bond acceptors (Lipinski definition) is 3. The highest BCUT2D eigenvalue weighted by Gasteiger charge is 2.20. The molecule has 0 fully saturated rings. The van der Waals surface area contributed by atoms with Crippen LogP contribution in [0.4, 0.5) is 14.5 Å². The van der Waals surface area contributed by atoms with E-state index in [1.54, 1.807) is 6.92 Å². The van der Waals surface area contributed by atoms with Gasteiger partial charge in [0.15, 0.2) is 0 Å². The standard InChI is InChI=1S/C12H9F2NO2S/c1-5-9(15)11(12(16)17)18-10(5)7-3-2-6(13)4-8(7)14/h2-4H,15H2,1H3,(H,16,17). The molecule has 3 nitrogen and oxygen atoms in total. The van der Waals surface area contributed by atoms with Crippen LogP contribution in [-0.2, 0) is 0 Å². The highest BCUT2D eigenvalue weighted by atomic mass is 32.1. The highest BCUT2D eigenvalue weighted by Crippen LogP contribution is 2.39. The molecule has 0 atom stereocenters. The number of aromatic carboxylic acids is 1. The molecule has 0 radical (unpaired) electrons. The number of nitrogens with two attached hydrogens (primary N) is 1. The molecule has 0 unspecified atom stereocenters.